The lowest BCUT2D eigenvalue weighted by Gasteiger charge is -2.29. The summed E-state index contributed by atoms with van der Waals surface area (Å²) in [5, 5.41) is 12.1. The number of nitrogens with one attached hydrogen (secondary N) is 1. The van der Waals surface area contributed by atoms with Gasteiger partial charge in [-0.3, -0.25) is 4.79 Å². The van der Waals surface area contributed by atoms with E-state index in [9.17, 15) is 9.90 Å². The molecule has 0 aromatic carbocycles. The fraction of sp³-hybridized carbons (Fsp3) is 0.917. The van der Waals surface area contributed by atoms with Gasteiger partial charge in [-0.15, -0.1) is 0 Å². The molecule has 0 aliphatic heterocycles. The molecular weight excluding hydrogens is 206 g/mol. The van der Waals surface area contributed by atoms with Gasteiger partial charge in [0.15, 0.2) is 0 Å². The van der Waals surface area contributed by atoms with Crippen molar-refractivity contribution in [3.63, 3.8) is 0 Å². The lowest BCUT2D eigenvalue weighted by molar-refractivity contribution is -0.145. The summed E-state index contributed by atoms with van der Waals surface area (Å²) >= 11 is 0. The van der Waals surface area contributed by atoms with Crippen LogP contribution in [-0.4, -0.2) is 36.4 Å². The van der Waals surface area contributed by atoms with Gasteiger partial charge in [0.25, 0.3) is 0 Å². The Kier molecular flexibility index (Phi) is 5.22. The molecule has 1 rings (SSSR count). The number of hydrogen-bond acceptors (Lipinski definition) is 3. The molecule has 4 heteroatoms. The van der Waals surface area contributed by atoms with Gasteiger partial charge in [0.2, 0.25) is 0 Å². The average Bonchev–Trinajstić information content (AvgIpc) is 2.21. The molecule has 1 fully saturated rings. The van der Waals surface area contributed by atoms with Crippen molar-refractivity contribution < 1.29 is 14.6 Å². The first kappa shape index (κ1) is 13.5. The van der Waals surface area contributed by atoms with Gasteiger partial charge in [-0.1, -0.05) is 6.92 Å². The number of aliphatic carboxylic acids is 1. The van der Waals surface area contributed by atoms with Crippen LogP contribution in [0.15, 0.2) is 0 Å². The molecular formula is C12H23NO3. The molecule has 1 unspecified atom stereocenters. The van der Waals surface area contributed by atoms with E-state index >= 15 is 0 Å². The zero-order valence-electron chi connectivity index (χ0n) is 10.3. The molecule has 1 aliphatic rings. The number of ether oxygens (including phenoxy) is 1. The van der Waals surface area contributed by atoms with Crippen LogP contribution in [-0.2, 0) is 9.53 Å². The summed E-state index contributed by atoms with van der Waals surface area (Å²) < 4.78 is 5.62. The van der Waals surface area contributed by atoms with Crippen molar-refractivity contribution in [1.82, 2.24) is 5.32 Å². The second-order valence-electron chi connectivity index (χ2n) is 4.52. The summed E-state index contributed by atoms with van der Waals surface area (Å²) in [6.07, 6.45) is 6.08. The number of hydrogen-bond donors (Lipinski definition) is 2. The van der Waals surface area contributed by atoms with E-state index in [1.165, 1.54) is 19.3 Å². The summed E-state index contributed by atoms with van der Waals surface area (Å²) in [6, 6.07) is 0. The number of rotatable bonds is 8. The molecule has 0 aromatic rings. The van der Waals surface area contributed by atoms with E-state index in [0.717, 1.165) is 6.42 Å². The molecule has 0 spiro atoms. The van der Waals surface area contributed by atoms with Crippen LogP contribution in [0.25, 0.3) is 0 Å². The summed E-state index contributed by atoms with van der Waals surface area (Å²) in [7, 11) is 1.71. The Hall–Kier alpha value is -0.610. The van der Waals surface area contributed by atoms with E-state index in [0.29, 0.717) is 25.6 Å². The van der Waals surface area contributed by atoms with E-state index in [2.05, 4.69) is 5.32 Å². The zero-order chi connectivity index (χ0) is 12.0. The predicted molar refractivity (Wildman–Crippen MR) is 62.5 cm³/mol. The lowest BCUT2D eigenvalue weighted by Crippen LogP contribution is -2.50. The third kappa shape index (κ3) is 3.19. The topological polar surface area (TPSA) is 58.6 Å². The number of carboxylic acids is 1. The Labute approximate surface area is 97.4 Å². The molecule has 1 atom stereocenters. The fourth-order valence-corrected chi connectivity index (χ4v) is 2.01. The molecule has 0 heterocycles. The van der Waals surface area contributed by atoms with Gasteiger partial charge in [-0.05, 0) is 45.6 Å². The average molecular weight is 229 g/mol. The second kappa shape index (κ2) is 6.21. The highest BCUT2D eigenvalue weighted by Crippen LogP contribution is 2.23. The molecule has 0 radical (unpaired) electrons. The highest BCUT2D eigenvalue weighted by Gasteiger charge is 2.34. The largest absolute Gasteiger partial charge is 0.480 e. The highest BCUT2D eigenvalue weighted by atomic mass is 16.5. The van der Waals surface area contributed by atoms with Gasteiger partial charge in [-0.2, -0.15) is 0 Å². The van der Waals surface area contributed by atoms with Gasteiger partial charge < -0.3 is 15.2 Å². The Morgan fingerprint density at radius 3 is 2.62 bits per heavy atom. The minimum atomic E-state index is -0.775. The molecule has 1 aliphatic carbocycles. The van der Waals surface area contributed by atoms with Crippen LogP contribution < -0.4 is 5.32 Å². The third-order valence-corrected chi connectivity index (χ3v) is 3.65. The van der Waals surface area contributed by atoms with Crippen molar-refractivity contribution in [2.75, 3.05) is 13.7 Å². The highest BCUT2D eigenvalue weighted by molar-refractivity contribution is 5.78. The molecule has 0 amide bonds. The maximum absolute atomic E-state index is 11.2. The molecule has 1 saturated carbocycles. The molecule has 2 N–H and O–H groups in total. The van der Waals surface area contributed by atoms with Crippen molar-refractivity contribution in [1.29, 1.82) is 0 Å². The van der Waals surface area contributed by atoms with Crippen LogP contribution in [0.2, 0.25) is 0 Å². The number of carboxylic acid groups (broad SMARTS) is 1. The van der Waals surface area contributed by atoms with Crippen LogP contribution in [0, 0.1) is 0 Å². The summed E-state index contributed by atoms with van der Waals surface area (Å²) in [5.74, 6) is -0.763. The minimum absolute atomic E-state index is 0.440. The van der Waals surface area contributed by atoms with E-state index in [1.54, 1.807) is 7.05 Å². The van der Waals surface area contributed by atoms with Crippen LogP contribution >= 0.6 is 0 Å². The molecule has 0 aromatic heterocycles. The summed E-state index contributed by atoms with van der Waals surface area (Å²) in [5.41, 5.74) is -0.775. The summed E-state index contributed by atoms with van der Waals surface area (Å²) in [4.78, 5) is 11.2. The molecule has 4 nitrogen and oxygen atoms in total. The standard InChI is InChI=1S/C12H23NO3/c1-3-12(13-2,11(14)15)8-5-9-16-10-6-4-7-10/h10,13H,3-9H2,1-2H3,(H,14,15). The van der Waals surface area contributed by atoms with Gasteiger partial charge in [0, 0.05) is 6.61 Å². The van der Waals surface area contributed by atoms with Crippen LogP contribution in [0.3, 0.4) is 0 Å². The van der Waals surface area contributed by atoms with Crippen LogP contribution in [0.5, 0.6) is 0 Å². The maximum Gasteiger partial charge on any atom is 0.323 e. The monoisotopic (exact) mass is 229 g/mol. The Bertz CT molecular complexity index is 222. The van der Waals surface area contributed by atoms with Crippen LogP contribution in [0.4, 0.5) is 0 Å². The van der Waals surface area contributed by atoms with E-state index in [-0.39, 0.29) is 0 Å². The normalized spacial score (nSPS) is 20.1. The van der Waals surface area contributed by atoms with Gasteiger partial charge in [0.1, 0.15) is 5.54 Å². The Morgan fingerprint density at radius 1 is 1.56 bits per heavy atom. The summed E-state index contributed by atoms with van der Waals surface area (Å²) in [6.45, 7) is 2.58. The molecule has 0 saturated heterocycles. The van der Waals surface area contributed by atoms with Crippen molar-refractivity contribution in [3.8, 4) is 0 Å². The maximum atomic E-state index is 11.2. The number of carbonyl (C=O) groups is 1. The quantitative estimate of drug-likeness (QED) is 0.623. The fourth-order valence-electron chi connectivity index (χ4n) is 2.01. The van der Waals surface area contributed by atoms with Crippen molar-refractivity contribution in [3.05, 3.63) is 0 Å². The second-order valence-corrected chi connectivity index (χ2v) is 4.52. The smallest absolute Gasteiger partial charge is 0.323 e. The van der Waals surface area contributed by atoms with Crippen LogP contribution in [0.1, 0.15) is 45.4 Å². The van der Waals surface area contributed by atoms with Gasteiger partial charge >= 0.3 is 5.97 Å². The first-order valence-corrected chi connectivity index (χ1v) is 6.18. The first-order valence-electron chi connectivity index (χ1n) is 6.18. The van der Waals surface area contributed by atoms with Gasteiger partial charge in [0.05, 0.1) is 6.10 Å². The Morgan fingerprint density at radius 2 is 2.25 bits per heavy atom. The zero-order valence-corrected chi connectivity index (χ0v) is 10.3. The van der Waals surface area contributed by atoms with E-state index in [4.69, 9.17) is 4.74 Å². The SMILES string of the molecule is CCC(CCCOC1CCC1)(NC)C(=O)O. The molecule has 94 valence electrons. The van der Waals surface area contributed by atoms with Crippen molar-refractivity contribution in [2.24, 2.45) is 0 Å². The molecule has 0 bridgehead atoms. The van der Waals surface area contributed by atoms with E-state index in [1.807, 2.05) is 6.92 Å². The lowest BCUT2D eigenvalue weighted by atomic mass is 9.90. The van der Waals surface area contributed by atoms with Crippen molar-refractivity contribution >= 4 is 5.97 Å². The van der Waals surface area contributed by atoms with Crippen molar-refractivity contribution in [2.45, 2.75) is 57.1 Å². The van der Waals surface area contributed by atoms with Gasteiger partial charge in [-0.25, -0.2) is 0 Å². The third-order valence-electron chi connectivity index (χ3n) is 3.65. The Balaban J connectivity index is 2.23. The predicted octanol–water partition coefficient (Wildman–Crippen LogP) is 1.79. The first-order chi connectivity index (χ1) is 7.64. The number of likely N-dealkylation sites (N-methyl/N-ethyl adjacent to an activating group) is 1. The minimum Gasteiger partial charge on any atom is -0.480 e. The molecule has 16 heavy (non-hydrogen) atoms. The van der Waals surface area contributed by atoms with E-state index < -0.39 is 11.5 Å².